The van der Waals surface area contributed by atoms with Gasteiger partial charge in [0.05, 0.1) is 12.6 Å². The van der Waals surface area contributed by atoms with E-state index >= 15 is 0 Å². The van der Waals surface area contributed by atoms with Crippen molar-refractivity contribution >= 4 is 6.03 Å². The van der Waals surface area contributed by atoms with Gasteiger partial charge < -0.3 is 15.4 Å². The first-order valence-corrected chi connectivity index (χ1v) is 8.46. The third-order valence-corrected chi connectivity index (χ3v) is 4.53. The first-order chi connectivity index (χ1) is 11.8. The van der Waals surface area contributed by atoms with Crippen LogP contribution in [0.2, 0.25) is 0 Å². The Balaban J connectivity index is 1.59. The van der Waals surface area contributed by atoms with Gasteiger partial charge in [0.15, 0.2) is 0 Å². The predicted molar refractivity (Wildman–Crippen MR) is 94.6 cm³/mol. The molecule has 1 atom stereocenters. The quantitative estimate of drug-likeness (QED) is 0.881. The number of amides is 2. The molecular formula is C20H24N2O2. The molecule has 0 aromatic heterocycles. The van der Waals surface area contributed by atoms with E-state index < -0.39 is 0 Å². The molecule has 2 aromatic rings. The van der Waals surface area contributed by atoms with Crippen LogP contribution < -0.4 is 10.6 Å². The lowest BCUT2D eigenvalue weighted by atomic mass is 9.88. The van der Waals surface area contributed by atoms with Crippen LogP contribution in [0.1, 0.15) is 41.1 Å². The molecule has 0 radical (unpaired) electrons. The third-order valence-electron chi connectivity index (χ3n) is 4.53. The lowest BCUT2D eigenvalue weighted by molar-refractivity contribution is 0.184. The van der Waals surface area contributed by atoms with Gasteiger partial charge in [-0.1, -0.05) is 48.5 Å². The SMILES string of the molecule is COCc1ccccc1CNC(=O)NC1CCCc2ccccc21. The topological polar surface area (TPSA) is 50.4 Å². The first-order valence-electron chi connectivity index (χ1n) is 8.46. The number of carbonyl (C=O) groups excluding carboxylic acids is 1. The molecular weight excluding hydrogens is 300 g/mol. The molecule has 4 nitrogen and oxygen atoms in total. The maximum absolute atomic E-state index is 12.3. The van der Waals surface area contributed by atoms with Crippen molar-refractivity contribution in [1.29, 1.82) is 0 Å². The number of ether oxygens (including phenoxy) is 1. The monoisotopic (exact) mass is 324 g/mol. The summed E-state index contributed by atoms with van der Waals surface area (Å²) in [7, 11) is 1.68. The minimum absolute atomic E-state index is 0.101. The highest BCUT2D eigenvalue weighted by molar-refractivity contribution is 5.74. The van der Waals surface area contributed by atoms with E-state index in [-0.39, 0.29) is 12.1 Å². The van der Waals surface area contributed by atoms with E-state index in [0.717, 1.165) is 30.4 Å². The van der Waals surface area contributed by atoms with Crippen LogP contribution >= 0.6 is 0 Å². The number of rotatable bonds is 5. The highest BCUT2D eigenvalue weighted by Gasteiger charge is 2.21. The number of hydrogen-bond acceptors (Lipinski definition) is 2. The van der Waals surface area contributed by atoms with E-state index in [4.69, 9.17) is 4.74 Å². The molecule has 2 aromatic carbocycles. The van der Waals surface area contributed by atoms with Crippen molar-refractivity contribution in [3.05, 3.63) is 70.8 Å². The van der Waals surface area contributed by atoms with E-state index in [1.54, 1.807) is 7.11 Å². The zero-order valence-corrected chi connectivity index (χ0v) is 14.0. The van der Waals surface area contributed by atoms with E-state index in [0.29, 0.717) is 13.2 Å². The summed E-state index contributed by atoms with van der Waals surface area (Å²) < 4.78 is 5.21. The zero-order valence-electron chi connectivity index (χ0n) is 14.0. The molecule has 1 aliphatic carbocycles. The number of aryl methyl sites for hydroxylation is 1. The summed E-state index contributed by atoms with van der Waals surface area (Å²) >= 11 is 0. The molecule has 0 fully saturated rings. The van der Waals surface area contributed by atoms with Gasteiger partial charge in [-0.2, -0.15) is 0 Å². The molecule has 1 unspecified atom stereocenters. The minimum atomic E-state index is -0.121. The Kier molecular flexibility index (Phi) is 5.49. The van der Waals surface area contributed by atoms with Crippen LogP contribution in [0.25, 0.3) is 0 Å². The van der Waals surface area contributed by atoms with Crippen molar-refractivity contribution in [2.45, 2.75) is 38.5 Å². The van der Waals surface area contributed by atoms with E-state index in [1.165, 1.54) is 11.1 Å². The molecule has 126 valence electrons. The number of urea groups is 1. The molecule has 0 saturated heterocycles. The fourth-order valence-electron chi connectivity index (χ4n) is 3.31. The van der Waals surface area contributed by atoms with Crippen molar-refractivity contribution < 1.29 is 9.53 Å². The van der Waals surface area contributed by atoms with Gasteiger partial charge in [0.2, 0.25) is 0 Å². The summed E-state index contributed by atoms with van der Waals surface area (Å²) in [4.78, 5) is 12.3. The average Bonchev–Trinajstić information content (AvgIpc) is 2.62. The molecule has 0 spiro atoms. The lowest BCUT2D eigenvalue weighted by Gasteiger charge is -2.26. The molecule has 0 heterocycles. The molecule has 1 aliphatic rings. The van der Waals surface area contributed by atoms with Crippen LogP contribution in [-0.2, 0) is 24.3 Å². The second kappa shape index (κ2) is 7.97. The second-order valence-electron chi connectivity index (χ2n) is 6.17. The fraction of sp³-hybridized carbons (Fsp3) is 0.350. The van der Waals surface area contributed by atoms with Crippen LogP contribution in [-0.4, -0.2) is 13.1 Å². The minimum Gasteiger partial charge on any atom is -0.380 e. The standard InChI is InChI=1S/C20H24N2O2/c1-24-14-17-9-3-2-8-16(17)13-21-20(23)22-19-12-6-10-15-7-4-5-11-18(15)19/h2-5,7-9,11,19H,6,10,12-14H2,1H3,(H2,21,22,23). The molecule has 3 rings (SSSR count). The Labute approximate surface area is 143 Å². The number of methoxy groups -OCH3 is 1. The Bertz CT molecular complexity index is 700. The van der Waals surface area contributed by atoms with Crippen molar-refractivity contribution in [2.24, 2.45) is 0 Å². The fourth-order valence-corrected chi connectivity index (χ4v) is 3.31. The normalized spacial score (nSPS) is 16.3. The Hall–Kier alpha value is -2.33. The number of benzene rings is 2. The van der Waals surface area contributed by atoms with Gasteiger partial charge in [-0.25, -0.2) is 4.79 Å². The average molecular weight is 324 g/mol. The van der Waals surface area contributed by atoms with Crippen LogP contribution in [0.5, 0.6) is 0 Å². The van der Waals surface area contributed by atoms with Crippen LogP contribution in [0.4, 0.5) is 4.79 Å². The molecule has 24 heavy (non-hydrogen) atoms. The predicted octanol–water partition coefficient (Wildman–Crippen LogP) is 3.71. The smallest absolute Gasteiger partial charge is 0.315 e. The molecule has 2 N–H and O–H groups in total. The number of hydrogen-bond donors (Lipinski definition) is 2. The molecule has 0 aliphatic heterocycles. The van der Waals surface area contributed by atoms with Gasteiger partial charge in [0, 0.05) is 13.7 Å². The number of nitrogens with one attached hydrogen (secondary N) is 2. The number of carbonyl (C=O) groups is 1. The summed E-state index contributed by atoms with van der Waals surface area (Å²) in [5.41, 5.74) is 4.78. The van der Waals surface area contributed by atoms with E-state index in [2.05, 4.69) is 28.8 Å². The van der Waals surface area contributed by atoms with Crippen molar-refractivity contribution in [3.8, 4) is 0 Å². The first kappa shape index (κ1) is 16.5. The van der Waals surface area contributed by atoms with Crippen LogP contribution in [0.15, 0.2) is 48.5 Å². The molecule has 0 saturated carbocycles. The number of fused-ring (bicyclic) bond motifs is 1. The third kappa shape index (κ3) is 3.95. The van der Waals surface area contributed by atoms with Gasteiger partial charge in [0.25, 0.3) is 0 Å². The van der Waals surface area contributed by atoms with E-state index in [9.17, 15) is 4.79 Å². The maximum Gasteiger partial charge on any atom is 0.315 e. The van der Waals surface area contributed by atoms with Gasteiger partial charge in [-0.15, -0.1) is 0 Å². The largest absolute Gasteiger partial charge is 0.380 e. The Morgan fingerprint density at radius 1 is 1.12 bits per heavy atom. The van der Waals surface area contributed by atoms with Gasteiger partial charge in [-0.05, 0) is 41.5 Å². The van der Waals surface area contributed by atoms with Crippen molar-refractivity contribution in [1.82, 2.24) is 10.6 Å². The second-order valence-corrected chi connectivity index (χ2v) is 6.17. The van der Waals surface area contributed by atoms with Gasteiger partial charge in [-0.3, -0.25) is 0 Å². The van der Waals surface area contributed by atoms with Gasteiger partial charge >= 0.3 is 6.03 Å². The maximum atomic E-state index is 12.3. The highest BCUT2D eigenvalue weighted by atomic mass is 16.5. The molecule has 2 amide bonds. The zero-order chi connectivity index (χ0) is 16.8. The summed E-state index contributed by atoms with van der Waals surface area (Å²) in [6.07, 6.45) is 3.20. The summed E-state index contributed by atoms with van der Waals surface area (Å²) in [5.74, 6) is 0. The van der Waals surface area contributed by atoms with Gasteiger partial charge in [0.1, 0.15) is 0 Å². The van der Waals surface area contributed by atoms with Crippen LogP contribution in [0, 0.1) is 0 Å². The van der Waals surface area contributed by atoms with Crippen molar-refractivity contribution in [3.63, 3.8) is 0 Å². The Morgan fingerprint density at radius 3 is 2.71 bits per heavy atom. The molecule has 4 heteroatoms. The van der Waals surface area contributed by atoms with Crippen LogP contribution in [0.3, 0.4) is 0 Å². The highest BCUT2D eigenvalue weighted by Crippen LogP contribution is 2.29. The van der Waals surface area contributed by atoms with E-state index in [1.807, 2.05) is 30.3 Å². The summed E-state index contributed by atoms with van der Waals surface area (Å²) in [6.45, 7) is 1.05. The summed E-state index contributed by atoms with van der Waals surface area (Å²) in [6, 6.07) is 16.4. The molecule has 0 bridgehead atoms. The summed E-state index contributed by atoms with van der Waals surface area (Å²) in [5, 5.41) is 6.09. The Morgan fingerprint density at radius 2 is 1.88 bits per heavy atom. The lowest BCUT2D eigenvalue weighted by Crippen LogP contribution is -2.38. The van der Waals surface area contributed by atoms with Crippen molar-refractivity contribution in [2.75, 3.05) is 7.11 Å².